The third-order valence-electron chi connectivity index (χ3n) is 3.76. The lowest BCUT2D eigenvalue weighted by Crippen LogP contribution is -2.53. The van der Waals surface area contributed by atoms with Crippen molar-refractivity contribution in [2.24, 2.45) is 11.7 Å². The second kappa shape index (κ2) is 3.97. The highest BCUT2D eigenvalue weighted by Gasteiger charge is 2.34. The monoisotopic (exact) mass is 182 g/mol. The highest BCUT2D eigenvalue weighted by atomic mass is 15.2. The van der Waals surface area contributed by atoms with Crippen molar-refractivity contribution in [1.29, 1.82) is 0 Å². The lowest BCUT2D eigenvalue weighted by atomic mass is 9.79. The first-order chi connectivity index (χ1) is 6.31. The minimum Gasteiger partial charge on any atom is -0.329 e. The lowest BCUT2D eigenvalue weighted by molar-refractivity contribution is 0.0291. The van der Waals surface area contributed by atoms with Gasteiger partial charge in [0, 0.05) is 18.6 Å². The van der Waals surface area contributed by atoms with E-state index in [1.165, 1.54) is 38.6 Å². The van der Waals surface area contributed by atoms with Crippen molar-refractivity contribution in [3.05, 3.63) is 0 Å². The maximum absolute atomic E-state index is 5.80. The SMILES string of the molecule is CC1CC(N2CCCCC2CN)C1. The van der Waals surface area contributed by atoms with Crippen molar-refractivity contribution in [2.45, 2.75) is 51.1 Å². The average molecular weight is 182 g/mol. The van der Waals surface area contributed by atoms with Gasteiger partial charge in [0.2, 0.25) is 0 Å². The zero-order chi connectivity index (χ0) is 9.26. The van der Waals surface area contributed by atoms with E-state index in [0.717, 1.165) is 18.5 Å². The molecule has 0 aromatic rings. The average Bonchev–Trinajstić information content (AvgIpc) is 2.13. The number of hydrogen-bond acceptors (Lipinski definition) is 2. The highest BCUT2D eigenvalue weighted by Crippen LogP contribution is 2.34. The molecular weight excluding hydrogens is 160 g/mol. The molecule has 76 valence electrons. The molecule has 0 aromatic heterocycles. The minimum atomic E-state index is 0.700. The van der Waals surface area contributed by atoms with Gasteiger partial charge in [-0.15, -0.1) is 0 Å². The largest absolute Gasteiger partial charge is 0.329 e. The predicted molar refractivity (Wildman–Crippen MR) is 55.6 cm³/mol. The molecule has 1 saturated heterocycles. The van der Waals surface area contributed by atoms with E-state index in [4.69, 9.17) is 5.73 Å². The predicted octanol–water partition coefficient (Wildman–Crippen LogP) is 1.60. The van der Waals surface area contributed by atoms with E-state index in [1.807, 2.05) is 0 Å². The summed E-state index contributed by atoms with van der Waals surface area (Å²) in [5, 5.41) is 0. The summed E-state index contributed by atoms with van der Waals surface area (Å²) in [6.07, 6.45) is 6.94. The van der Waals surface area contributed by atoms with E-state index >= 15 is 0 Å². The fraction of sp³-hybridized carbons (Fsp3) is 1.00. The van der Waals surface area contributed by atoms with Crippen molar-refractivity contribution >= 4 is 0 Å². The molecule has 2 heteroatoms. The van der Waals surface area contributed by atoms with Gasteiger partial charge in [-0.1, -0.05) is 13.3 Å². The van der Waals surface area contributed by atoms with E-state index in [9.17, 15) is 0 Å². The second-order valence-corrected chi connectivity index (χ2v) is 4.85. The third kappa shape index (κ3) is 1.89. The van der Waals surface area contributed by atoms with Crippen LogP contribution >= 0.6 is 0 Å². The Hall–Kier alpha value is -0.0800. The van der Waals surface area contributed by atoms with Gasteiger partial charge in [-0.25, -0.2) is 0 Å². The quantitative estimate of drug-likeness (QED) is 0.703. The Morgan fingerprint density at radius 1 is 1.31 bits per heavy atom. The molecule has 1 saturated carbocycles. The zero-order valence-electron chi connectivity index (χ0n) is 8.71. The van der Waals surface area contributed by atoms with Crippen LogP contribution in [0, 0.1) is 5.92 Å². The topological polar surface area (TPSA) is 29.3 Å². The molecule has 2 fully saturated rings. The van der Waals surface area contributed by atoms with Gasteiger partial charge in [0.05, 0.1) is 0 Å². The van der Waals surface area contributed by atoms with Crippen molar-refractivity contribution < 1.29 is 0 Å². The molecule has 1 atom stereocenters. The van der Waals surface area contributed by atoms with Gasteiger partial charge in [0.15, 0.2) is 0 Å². The summed E-state index contributed by atoms with van der Waals surface area (Å²) in [5.74, 6) is 0.963. The molecule has 1 unspecified atom stereocenters. The maximum atomic E-state index is 5.80. The van der Waals surface area contributed by atoms with Crippen molar-refractivity contribution in [2.75, 3.05) is 13.1 Å². The molecule has 13 heavy (non-hydrogen) atoms. The van der Waals surface area contributed by atoms with Crippen LogP contribution in [0.5, 0.6) is 0 Å². The number of nitrogens with two attached hydrogens (primary N) is 1. The van der Waals surface area contributed by atoms with Gasteiger partial charge in [-0.3, -0.25) is 4.90 Å². The Morgan fingerprint density at radius 2 is 2.08 bits per heavy atom. The Kier molecular flexibility index (Phi) is 2.89. The Bertz CT molecular complexity index is 163. The standard InChI is InChI=1S/C11H22N2/c1-9-6-11(7-9)13-5-3-2-4-10(13)8-12/h9-11H,2-8,12H2,1H3. The summed E-state index contributed by atoms with van der Waals surface area (Å²) in [6.45, 7) is 4.53. The Balaban J connectivity index is 1.87. The number of nitrogens with zero attached hydrogens (tertiary/aromatic N) is 1. The van der Waals surface area contributed by atoms with Crippen LogP contribution in [0.3, 0.4) is 0 Å². The molecule has 0 bridgehead atoms. The van der Waals surface area contributed by atoms with Crippen molar-refractivity contribution in [3.8, 4) is 0 Å². The first-order valence-corrected chi connectivity index (χ1v) is 5.77. The molecule has 0 radical (unpaired) electrons. The molecule has 2 N–H and O–H groups in total. The molecule has 1 heterocycles. The summed E-state index contributed by atoms with van der Waals surface area (Å²) in [5.41, 5.74) is 5.80. The molecule has 2 aliphatic rings. The van der Waals surface area contributed by atoms with E-state index in [1.54, 1.807) is 0 Å². The minimum absolute atomic E-state index is 0.700. The van der Waals surface area contributed by atoms with Crippen LogP contribution in [0.25, 0.3) is 0 Å². The number of rotatable bonds is 2. The molecule has 1 aliphatic heterocycles. The van der Waals surface area contributed by atoms with Gasteiger partial charge in [-0.05, 0) is 38.1 Å². The summed E-state index contributed by atoms with van der Waals surface area (Å²) < 4.78 is 0. The van der Waals surface area contributed by atoms with Crippen LogP contribution in [-0.4, -0.2) is 30.1 Å². The smallest absolute Gasteiger partial charge is 0.0221 e. The molecule has 1 aliphatic carbocycles. The van der Waals surface area contributed by atoms with E-state index in [2.05, 4.69) is 11.8 Å². The second-order valence-electron chi connectivity index (χ2n) is 4.85. The van der Waals surface area contributed by atoms with Crippen LogP contribution in [-0.2, 0) is 0 Å². The molecule has 0 spiro atoms. The fourth-order valence-corrected chi connectivity index (χ4v) is 2.89. The van der Waals surface area contributed by atoms with Crippen LogP contribution < -0.4 is 5.73 Å². The number of piperidine rings is 1. The normalized spacial score (nSPS) is 41.5. The molecule has 0 amide bonds. The van der Waals surface area contributed by atoms with Gasteiger partial charge < -0.3 is 5.73 Å². The summed E-state index contributed by atoms with van der Waals surface area (Å²) in [6, 6.07) is 1.58. The van der Waals surface area contributed by atoms with E-state index in [-0.39, 0.29) is 0 Å². The third-order valence-corrected chi connectivity index (χ3v) is 3.76. The highest BCUT2D eigenvalue weighted by molar-refractivity contribution is 4.90. The first-order valence-electron chi connectivity index (χ1n) is 5.77. The van der Waals surface area contributed by atoms with Gasteiger partial charge in [0.25, 0.3) is 0 Å². The fourth-order valence-electron chi connectivity index (χ4n) is 2.89. The summed E-state index contributed by atoms with van der Waals surface area (Å²) in [7, 11) is 0. The molecule has 2 rings (SSSR count). The van der Waals surface area contributed by atoms with E-state index in [0.29, 0.717) is 6.04 Å². The maximum Gasteiger partial charge on any atom is 0.0221 e. The van der Waals surface area contributed by atoms with Crippen LogP contribution in [0.2, 0.25) is 0 Å². The van der Waals surface area contributed by atoms with Crippen LogP contribution in [0.4, 0.5) is 0 Å². The lowest BCUT2D eigenvalue weighted by Gasteiger charge is -2.47. The summed E-state index contributed by atoms with van der Waals surface area (Å²) >= 11 is 0. The molecular formula is C11H22N2. The van der Waals surface area contributed by atoms with Crippen molar-refractivity contribution in [1.82, 2.24) is 4.90 Å². The van der Waals surface area contributed by atoms with Gasteiger partial charge >= 0.3 is 0 Å². The van der Waals surface area contributed by atoms with Crippen LogP contribution in [0.15, 0.2) is 0 Å². The van der Waals surface area contributed by atoms with Crippen molar-refractivity contribution in [3.63, 3.8) is 0 Å². The zero-order valence-corrected chi connectivity index (χ0v) is 8.71. The Morgan fingerprint density at radius 3 is 2.69 bits per heavy atom. The van der Waals surface area contributed by atoms with Gasteiger partial charge in [-0.2, -0.15) is 0 Å². The number of hydrogen-bond donors (Lipinski definition) is 1. The van der Waals surface area contributed by atoms with E-state index < -0.39 is 0 Å². The summed E-state index contributed by atoms with van der Waals surface area (Å²) in [4.78, 5) is 2.68. The van der Waals surface area contributed by atoms with Crippen LogP contribution in [0.1, 0.15) is 39.0 Å². The van der Waals surface area contributed by atoms with Gasteiger partial charge in [0.1, 0.15) is 0 Å². The first kappa shape index (κ1) is 9.47. The Labute approximate surface area is 81.5 Å². The molecule has 0 aromatic carbocycles. The molecule has 2 nitrogen and oxygen atoms in total. The number of likely N-dealkylation sites (tertiary alicyclic amines) is 1.